The predicted octanol–water partition coefficient (Wildman–Crippen LogP) is 6.31. The van der Waals surface area contributed by atoms with E-state index in [9.17, 15) is 4.39 Å². The summed E-state index contributed by atoms with van der Waals surface area (Å²) in [4.78, 5) is 11.3. The summed E-state index contributed by atoms with van der Waals surface area (Å²) in [6, 6.07) is 14.5. The summed E-state index contributed by atoms with van der Waals surface area (Å²) in [5, 5.41) is 0.924. The maximum atomic E-state index is 13.7. The second kappa shape index (κ2) is 10.7. The number of benzene rings is 2. The molecule has 35 heavy (non-hydrogen) atoms. The zero-order valence-electron chi connectivity index (χ0n) is 21.7. The summed E-state index contributed by atoms with van der Waals surface area (Å²) in [5.41, 5.74) is 5.79. The van der Waals surface area contributed by atoms with Gasteiger partial charge < -0.3 is 14.8 Å². The second-order valence-corrected chi connectivity index (χ2v) is 11.0. The largest absolute Gasteiger partial charge is 0.371 e. The van der Waals surface area contributed by atoms with E-state index in [0.717, 1.165) is 35.6 Å². The van der Waals surface area contributed by atoms with Gasteiger partial charge in [-0.3, -0.25) is 4.90 Å². The number of hydrogen-bond donors (Lipinski definition) is 1. The van der Waals surface area contributed by atoms with Crippen LogP contribution in [0.15, 0.2) is 42.5 Å². The molecule has 0 aliphatic carbocycles. The first-order chi connectivity index (χ1) is 17.0. The molecule has 3 heterocycles. The summed E-state index contributed by atoms with van der Waals surface area (Å²) in [6.07, 6.45) is 5.27. The minimum absolute atomic E-state index is 0.190. The molecule has 5 rings (SSSR count). The normalized spacial score (nSPS) is 18.7. The summed E-state index contributed by atoms with van der Waals surface area (Å²) in [6.45, 7) is 15.2. The fourth-order valence-corrected chi connectivity index (χ4v) is 5.93. The molecule has 1 aromatic heterocycles. The zero-order chi connectivity index (χ0) is 24.4. The number of aryl methyl sites for hydroxylation is 1. The molecule has 0 spiro atoms. The molecular weight excluding hydrogens is 435 g/mol. The molecule has 2 aliphatic rings. The molecule has 2 aliphatic heterocycles. The van der Waals surface area contributed by atoms with Crippen molar-refractivity contribution >= 4 is 16.6 Å². The van der Waals surface area contributed by atoms with Gasteiger partial charge in [0.15, 0.2) is 0 Å². The zero-order valence-corrected chi connectivity index (χ0v) is 21.7. The Bertz CT molecular complexity index is 1120. The van der Waals surface area contributed by atoms with Crippen molar-refractivity contribution in [3.8, 4) is 11.3 Å². The number of nitrogens with one attached hydrogen (secondary N) is 1. The third-order valence-electron chi connectivity index (χ3n) is 8.30. The van der Waals surface area contributed by atoms with Gasteiger partial charge in [-0.05, 0) is 101 Å². The minimum Gasteiger partial charge on any atom is -0.371 e. The van der Waals surface area contributed by atoms with Crippen LogP contribution in [0.2, 0.25) is 0 Å². The molecule has 0 unspecified atom stereocenters. The van der Waals surface area contributed by atoms with Gasteiger partial charge in [0, 0.05) is 73.2 Å². The van der Waals surface area contributed by atoms with Crippen molar-refractivity contribution in [3.05, 3.63) is 53.8 Å². The molecule has 0 atom stereocenters. The second-order valence-electron chi connectivity index (χ2n) is 11.0. The lowest BCUT2D eigenvalue weighted by Gasteiger charge is -2.37. The van der Waals surface area contributed by atoms with E-state index >= 15 is 0 Å². The van der Waals surface area contributed by atoms with Crippen molar-refractivity contribution in [1.29, 1.82) is 0 Å². The fourth-order valence-electron chi connectivity index (χ4n) is 5.93. The molecule has 0 amide bonds. The van der Waals surface area contributed by atoms with E-state index in [-0.39, 0.29) is 5.82 Å². The first kappa shape index (κ1) is 24.3. The molecule has 0 bridgehead atoms. The quantitative estimate of drug-likeness (QED) is 0.433. The number of aromatic amines is 1. The first-order valence-corrected chi connectivity index (χ1v) is 13.6. The smallest absolute Gasteiger partial charge is 0.123 e. The van der Waals surface area contributed by atoms with Crippen LogP contribution in [0.5, 0.6) is 0 Å². The lowest BCUT2D eigenvalue weighted by Crippen LogP contribution is -2.49. The van der Waals surface area contributed by atoms with E-state index in [1.54, 1.807) is 6.07 Å². The van der Waals surface area contributed by atoms with Crippen LogP contribution in [0.4, 0.5) is 10.1 Å². The number of nitrogens with zero attached hydrogens (tertiary/aromatic N) is 3. The molecule has 2 saturated heterocycles. The van der Waals surface area contributed by atoms with Crippen LogP contribution in [0, 0.1) is 18.7 Å². The Morgan fingerprint density at radius 2 is 1.71 bits per heavy atom. The van der Waals surface area contributed by atoms with Crippen LogP contribution in [-0.4, -0.2) is 66.6 Å². The summed E-state index contributed by atoms with van der Waals surface area (Å²) in [7, 11) is 0. The molecule has 5 heteroatoms. The average molecular weight is 477 g/mol. The highest BCUT2D eigenvalue weighted by molar-refractivity contribution is 5.87. The summed E-state index contributed by atoms with van der Waals surface area (Å²) in [5.74, 6) is 0.668. The minimum atomic E-state index is -0.190. The number of fused-ring (bicyclic) bond motifs is 1. The Labute approximate surface area is 210 Å². The number of aromatic nitrogens is 1. The van der Waals surface area contributed by atoms with E-state index in [0.29, 0.717) is 6.04 Å². The van der Waals surface area contributed by atoms with Gasteiger partial charge in [-0.15, -0.1) is 0 Å². The lowest BCUT2D eigenvalue weighted by molar-refractivity contribution is 0.106. The van der Waals surface area contributed by atoms with Gasteiger partial charge in [-0.1, -0.05) is 6.07 Å². The topological polar surface area (TPSA) is 25.5 Å². The summed E-state index contributed by atoms with van der Waals surface area (Å²) < 4.78 is 13.7. The highest BCUT2D eigenvalue weighted by Gasteiger charge is 2.22. The molecule has 2 fully saturated rings. The molecule has 3 aromatic rings. The van der Waals surface area contributed by atoms with Crippen LogP contribution in [0.3, 0.4) is 0 Å². The number of rotatable bonds is 7. The van der Waals surface area contributed by atoms with Crippen molar-refractivity contribution in [3.63, 3.8) is 0 Å². The Balaban J connectivity index is 1.13. The highest BCUT2D eigenvalue weighted by atomic mass is 19.1. The lowest BCUT2D eigenvalue weighted by atomic mass is 9.91. The number of H-pyrrole nitrogens is 1. The molecule has 1 N–H and O–H groups in total. The third-order valence-corrected chi connectivity index (χ3v) is 8.30. The van der Waals surface area contributed by atoms with Crippen molar-refractivity contribution < 1.29 is 4.39 Å². The van der Waals surface area contributed by atoms with Crippen molar-refractivity contribution in [2.45, 2.75) is 52.5 Å². The van der Waals surface area contributed by atoms with E-state index in [1.165, 1.54) is 81.3 Å². The maximum Gasteiger partial charge on any atom is 0.123 e. The fraction of sp³-hybridized carbons (Fsp3) is 0.533. The van der Waals surface area contributed by atoms with Crippen molar-refractivity contribution in [2.24, 2.45) is 5.92 Å². The van der Waals surface area contributed by atoms with E-state index in [2.05, 4.69) is 64.7 Å². The van der Waals surface area contributed by atoms with Crippen LogP contribution in [-0.2, 0) is 0 Å². The van der Waals surface area contributed by atoms with Crippen LogP contribution in [0.1, 0.15) is 45.1 Å². The molecule has 4 nitrogen and oxygen atoms in total. The third kappa shape index (κ3) is 5.73. The number of hydrogen-bond acceptors (Lipinski definition) is 3. The SMILES string of the molecule is Cc1ccc(N2CCC(CCCN3CCN(C(C)C)CC3)CC2)cc1-c1cc2cc(F)ccc2[nH]1. The van der Waals surface area contributed by atoms with Gasteiger partial charge >= 0.3 is 0 Å². The number of piperidine rings is 1. The number of anilines is 1. The predicted molar refractivity (Wildman–Crippen MR) is 146 cm³/mol. The van der Waals surface area contributed by atoms with E-state index in [1.807, 2.05) is 6.07 Å². The average Bonchev–Trinajstić information content (AvgIpc) is 3.28. The molecule has 2 aromatic carbocycles. The summed E-state index contributed by atoms with van der Waals surface area (Å²) >= 11 is 0. The number of halogens is 1. The number of piperazine rings is 1. The van der Waals surface area contributed by atoms with Crippen molar-refractivity contribution in [1.82, 2.24) is 14.8 Å². The maximum absolute atomic E-state index is 13.7. The standard InChI is InChI=1S/C30H41FN4/c1-22(2)34-17-15-33(16-18-34)12-4-5-24-10-13-35(14-11-24)27-8-6-23(3)28(21-27)30-20-25-19-26(31)7-9-29(25)32-30/h6-9,19-22,24,32H,4-5,10-18H2,1-3H3. The van der Waals surface area contributed by atoms with Gasteiger partial charge in [0.05, 0.1) is 0 Å². The molecule has 0 radical (unpaired) electrons. The monoisotopic (exact) mass is 476 g/mol. The highest BCUT2D eigenvalue weighted by Crippen LogP contribution is 2.33. The van der Waals surface area contributed by atoms with Crippen LogP contribution in [0.25, 0.3) is 22.2 Å². The van der Waals surface area contributed by atoms with Crippen LogP contribution >= 0.6 is 0 Å². The van der Waals surface area contributed by atoms with E-state index in [4.69, 9.17) is 0 Å². The first-order valence-electron chi connectivity index (χ1n) is 13.6. The van der Waals surface area contributed by atoms with Gasteiger partial charge in [-0.2, -0.15) is 0 Å². The van der Waals surface area contributed by atoms with Crippen LogP contribution < -0.4 is 4.90 Å². The van der Waals surface area contributed by atoms with E-state index < -0.39 is 0 Å². The molecule has 188 valence electrons. The van der Waals surface area contributed by atoms with Gasteiger partial charge in [-0.25, -0.2) is 4.39 Å². The van der Waals surface area contributed by atoms with Gasteiger partial charge in [0.1, 0.15) is 5.82 Å². The Morgan fingerprint density at radius 1 is 0.943 bits per heavy atom. The Kier molecular flexibility index (Phi) is 7.45. The Morgan fingerprint density at radius 3 is 2.46 bits per heavy atom. The van der Waals surface area contributed by atoms with Gasteiger partial charge in [0.2, 0.25) is 0 Å². The molecule has 0 saturated carbocycles. The van der Waals surface area contributed by atoms with Gasteiger partial charge in [0.25, 0.3) is 0 Å². The van der Waals surface area contributed by atoms with Crippen molar-refractivity contribution in [2.75, 3.05) is 50.7 Å². The molecular formula is C30H41FN4. The Hall–Kier alpha value is -2.37.